The molecule has 29 heavy (non-hydrogen) atoms. The summed E-state index contributed by atoms with van der Waals surface area (Å²) < 4.78 is 0. The summed E-state index contributed by atoms with van der Waals surface area (Å²) in [4.78, 5) is 13.0. The number of aromatic amines is 1. The Labute approximate surface area is 170 Å². The van der Waals surface area contributed by atoms with Crippen LogP contribution >= 0.6 is 0 Å². The van der Waals surface area contributed by atoms with Gasteiger partial charge in [0.25, 0.3) is 0 Å². The zero-order valence-electron chi connectivity index (χ0n) is 16.4. The van der Waals surface area contributed by atoms with Crippen LogP contribution in [-0.2, 0) is 4.79 Å². The van der Waals surface area contributed by atoms with Gasteiger partial charge in [0.05, 0.1) is 17.1 Å². The summed E-state index contributed by atoms with van der Waals surface area (Å²) >= 11 is 0. The number of H-pyrrole nitrogens is 1. The highest BCUT2D eigenvalue weighted by molar-refractivity contribution is 6.00. The van der Waals surface area contributed by atoms with E-state index in [1.54, 1.807) is 0 Å². The number of carbonyl (C=O) groups is 1. The first-order valence-corrected chi connectivity index (χ1v) is 9.77. The zero-order chi connectivity index (χ0) is 20.2. The molecule has 1 aromatic heterocycles. The maximum atomic E-state index is 13.0. The van der Waals surface area contributed by atoms with Crippen molar-refractivity contribution in [2.45, 2.75) is 19.3 Å². The summed E-state index contributed by atoms with van der Waals surface area (Å²) in [5.41, 5.74) is 11.5. The molecule has 0 saturated carbocycles. The van der Waals surface area contributed by atoms with Gasteiger partial charge in [0.15, 0.2) is 0 Å². The summed E-state index contributed by atoms with van der Waals surface area (Å²) in [6, 6.07) is 23.8. The van der Waals surface area contributed by atoms with E-state index in [9.17, 15) is 4.79 Å². The molecule has 0 fully saturated rings. The van der Waals surface area contributed by atoms with Crippen molar-refractivity contribution < 1.29 is 4.79 Å². The van der Waals surface area contributed by atoms with Crippen molar-refractivity contribution in [3.05, 3.63) is 83.9 Å². The van der Waals surface area contributed by atoms with E-state index in [0.29, 0.717) is 13.0 Å². The number of carbonyl (C=O) groups excluding carboxylic acids is 1. The number of anilines is 1. The summed E-state index contributed by atoms with van der Waals surface area (Å²) in [6.45, 7) is 2.51. The summed E-state index contributed by atoms with van der Waals surface area (Å²) in [7, 11) is 0. The minimum Gasteiger partial charge on any atom is -0.330 e. The zero-order valence-corrected chi connectivity index (χ0v) is 16.4. The van der Waals surface area contributed by atoms with Gasteiger partial charge >= 0.3 is 0 Å². The van der Waals surface area contributed by atoms with E-state index in [-0.39, 0.29) is 11.8 Å². The number of nitrogens with zero attached hydrogens (tertiary/aromatic N) is 1. The fourth-order valence-electron chi connectivity index (χ4n) is 3.63. The Morgan fingerprint density at radius 2 is 1.90 bits per heavy atom. The molecule has 0 bridgehead atoms. The van der Waals surface area contributed by atoms with Gasteiger partial charge in [-0.15, -0.1) is 0 Å². The van der Waals surface area contributed by atoms with Crippen LogP contribution in [0.4, 0.5) is 5.69 Å². The number of fused-ring (bicyclic) bond motifs is 1. The van der Waals surface area contributed by atoms with Crippen LogP contribution < -0.4 is 11.1 Å². The Balaban J connectivity index is 1.64. The predicted octanol–water partition coefficient (Wildman–Crippen LogP) is 4.61. The van der Waals surface area contributed by atoms with Crippen LogP contribution in [0.1, 0.15) is 23.5 Å². The first kappa shape index (κ1) is 18.9. The molecular weight excluding hydrogens is 360 g/mol. The molecule has 0 aliphatic carbocycles. The van der Waals surface area contributed by atoms with E-state index in [4.69, 9.17) is 5.73 Å². The second-order valence-electron chi connectivity index (χ2n) is 7.23. The van der Waals surface area contributed by atoms with Crippen molar-refractivity contribution in [3.63, 3.8) is 0 Å². The van der Waals surface area contributed by atoms with Crippen LogP contribution in [0.15, 0.2) is 72.8 Å². The SMILES string of the molecule is Cc1cccc(-c2n[nH]c3ccc(NC(=O)C(CCN)c4ccccc4)cc23)c1. The topological polar surface area (TPSA) is 83.8 Å². The molecule has 0 aliphatic heterocycles. The van der Waals surface area contributed by atoms with E-state index in [1.165, 1.54) is 5.56 Å². The highest BCUT2D eigenvalue weighted by Gasteiger charge is 2.20. The van der Waals surface area contributed by atoms with Crippen LogP contribution in [0.2, 0.25) is 0 Å². The number of hydrogen-bond acceptors (Lipinski definition) is 3. The summed E-state index contributed by atoms with van der Waals surface area (Å²) in [6.07, 6.45) is 0.596. The maximum absolute atomic E-state index is 13.0. The van der Waals surface area contributed by atoms with Crippen molar-refractivity contribution in [3.8, 4) is 11.3 Å². The third-order valence-electron chi connectivity index (χ3n) is 5.10. The molecule has 1 heterocycles. The van der Waals surface area contributed by atoms with E-state index in [2.05, 4.69) is 34.6 Å². The molecule has 1 unspecified atom stereocenters. The molecule has 1 atom stereocenters. The third kappa shape index (κ3) is 4.05. The lowest BCUT2D eigenvalue weighted by Gasteiger charge is -2.16. The lowest BCUT2D eigenvalue weighted by Crippen LogP contribution is -2.23. The molecule has 3 aromatic carbocycles. The van der Waals surface area contributed by atoms with E-state index < -0.39 is 0 Å². The molecule has 4 rings (SSSR count). The Morgan fingerprint density at radius 3 is 2.66 bits per heavy atom. The number of aryl methyl sites for hydroxylation is 1. The first-order chi connectivity index (χ1) is 14.2. The highest BCUT2D eigenvalue weighted by Crippen LogP contribution is 2.29. The van der Waals surface area contributed by atoms with Crippen LogP contribution in [-0.4, -0.2) is 22.6 Å². The van der Waals surface area contributed by atoms with Crippen LogP contribution in [0.25, 0.3) is 22.2 Å². The number of rotatable bonds is 6. The molecule has 0 saturated heterocycles. The normalized spacial score (nSPS) is 12.1. The number of nitrogens with one attached hydrogen (secondary N) is 2. The number of amides is 1. The lowest BCUT2D eigenvalue weighted by molar-refractivity contribution is -0.117. The average molecular weight is 384 g/mol. The van der Waals surface area contributed by atoms with E-state index in [0.717, 1.165) is 33.4 Å². The Hall–Kier alpha value is -3.44. The van der Waals surface area contributed by atoms with Crippen LogP contribution in [0.3, 0.4) is 0 Å². The molecule has 0 radical (unpaired) electrons. The first-order valence-electron chi connectivity index (χ1n) is 9.77. The van der Waals surface area contributed by atoms with Crippen molar-refractivity contribution in [1.82, 2.24) is 10.2 Å². The molecule has 0 spiro atoms. The molecule has 5 nitrogen and oxygen atoms in total. The van der Waals surface area contributed by atoms with Crippen molar-refractivity contribution in [2.75, 3.05) is 11.9 Å². The Morgan fingerprint density at radius 1 is 1.07 bits per heavy atom. The van der Waals surface area contributed by atoms with Gasteiger partial charge in [0, 0.05) is 16.6 Å². The molecule has 0 aliphatic rings. The fraction of sp³-hybridized carbons (Fsp3) is 0.167. The second-order valence-corrected chi connectivity index (χ2v) is 7.23. The van der Waals surface area contributed by atoms with Gasteiger partial charge in [0.1, 0.15) is 0 Å². The average Bonchev–Trinajstić information content (AvgIpc) is 3.16. The molecule has 4 aromatic rings. The van der Waals surface area contributed by atoms with Gasteiger partial charge in [-0.2, -0.15) is 5.10 Å². The monoisotopic (exact) mass is 384 g/mol. The van der Waals surface area contributed by atoms with Crippen molar-refractivity contribution in [1.29, 1.82) is 0 Å². The van der Waals surface area contributed by atoms with E-state index in [1.807, 2.05) is 60.7 Å². The number of aromatic nitrogens is 2. The molecule has 1 amide bonds. The summed E-state index contributed by atoms with van der Waals surface area (Å²) in [5.74, 6) is -0.334. The van der Waals surface area contributed by atoms with Gasteiger partial charge in [0.2, 0.25) is 5.91 Å². The highest BCUT2D eigenvalue weighted by atomic mass is 16.1. The molecule has 4 N–H and O–H groups in total. The molecule has 5 heteroatoms. The van der Waals surface area contributed by atoms with Crippen LogP contribution in [0, 0.1) is 6.92 Å². The van der Waals surface area contributed by atoms with Crippen molar-refractivity contribution in [2.24, 2.45) is 5.73 Å². The van der Waals surface area contributed by atoms with Gasteiger partial charge in [-0.25, -0.2) is 0 Å². The lowest BCUT2D eigenvalue weighted by atomic mass is 9.94. The minimum atomic E-state index is -0.280. The fourth-order valence-corrected chi connectivity index (χ4v) is 3.63. The van der Waals surface area contributed by atoms with Gasteiger partial charge in [-0.1, -0.05) is 54.1 Å². The standard InChI is InChI=1S/C24H24N4O/c1-16-6-5-9-18(14-16)23-21-15-19(10-11-22(21)27-28-23)26-24(29)20(12-13-25)17-7-3-2-4-8-17/h2-11,14-15,20H,12-13,25H2,1H3,(H,26,29)(H,27,28). The molecule has 146 valence electrons. The number of hydrogen-bond donors (Lipinski definition) is 3. The number of benzene rings is 3. The third-order valence-corrected chi connectivity index (χ3v) is 5.10. The van der Waals surface area contributed by atoms with Gasteiger partial charge in [-0.3, -0.25) is 9.89 Å². The second kappa shape index (κ2) is 8.29. The Bertz CT molecular complexity index is 1130. The quantitative estimate of drug-likeness (QED) is 0.454. The maximum Gasteiger partial charge on any atom is 0.231 e. The van der Waals surface area contributed by atoms with Gasteiger partial charge in [-0.05, 0) is 49.7 Å². The molecular formula is C24H24N4O. The minimum absolute atomic E-state index is 0.0541. The van der Waals surface area contributed by atoms with Crippen LogP contribution in [0.5, 0.6) is 0 Å². The smallest absolute Gasteiger partial charge is 0.231 e. The number of nitrogens with two attached hydrogens (primary N) is 1. The van der Waals surface area contributed by atoms with E-state index >= 15 is 0 Å². The largest absolute Gasteiger partial charge is 0.330 e. The van der Waals surface area contributed by atoms with Crippen molar-refractivity contribution >= 4 is 22.5 Å². The predicted molar refractivity (Wildman–Crippen MR) is 118 cm³/mol. The summed E-state index contributed by atoms with van der Waals surface area (Å²) in [5, 5.41) is 11.6. The Kier molecular flexibility index (Phi) is 5.40. The van der Waals surface area contributed by atoms with Gasteiger partial charge < -0.3 is 11.1 Å².